The fourth-order valence-electron chi connectivity index (χ4n) is 2.77. The molecule has 1 N–H and O–H groups in total. The highest BCUT2D eigenvalue weighted by molar-refractivity contribution is 5.84. The summed E-state index contributed by atoms with van der Waals surface area (Å²) in [5.74, 6) is 0.693. The Morgan fingerprint density at radius 1 is 1.35 bits per heavy atom. The summed E-state index contributed by atoms with van der Waals surface area (Å²) in [6, 6.07) is 8.84. The van der Waals surface area contributed by atoms with Crippen molar-refractivity contribution in [1.29, 1.82) is 0 Å². The zero-order chi connectivity index (χ0) is 18.5. The number of amides is 1. The van der Waals surface area contributed by atoms with Gasteiger partial charge in [-0.3, -0.25) is 4.79 Å². The summed E-state index contributed by atoms with van der Waals surface area (Å²) in [6.07, 6.45) is 4.37. The van der Waals surface area contributed by atoms with Crippen LogP contribution in [-0.2, 0) is 34.2 Å². The molecular formula is C19H21N3O4. The molecule has 0 aliphatic heterocycles. The van der Waals surface area contributed by atoms with Crippen LogP contribution >= 0.6 is 0 Å². The van der Waals surface area contributed by atoms with Gasteiger partial charge in [-0.15, -0.1) is 0 Å². The number of ether oxygens (including phenoxy) is 1. The van der Waals surface area contributed by atoms with E-state index < -0.39 is 12.0 Å². The summed E-state index contributed by atoms with van der Waals surface area (Å²) >= 11 is 0. The number of imidazole rings is 1. The van der Waals surface area contributed by atoms with E-state index in [0.717, 1.165) is 16.7 Å². The smallest absolute Gasteiger partial charge is 0.328 e. The molecule has 3 rings (SSSR count). The highest BCUT2D eigenvalue weighted by Gasteiger charge is 2.23. The van der Waals surface area contributed by atoms with Gasteiger partial charge in [0.2, 0.25) is 5.91 Å². The maximum atomic E-state index is 12.3. The van der Waals surface area contributed by atoms with Crippen LogP contribution < -0.4 is 5.32 Å². The highest BCUT2D eigenvalue weighted by Crippen LogP contribution is 2.19. The number of hydrogen-bond donors (Lipinski definition) is 1. The minimum Gasteiger partial charge on any atom is -0.467 e. The fourth-order valence-corrected chi connectivity index (χ4v) is 2.77. The van der Waals surface area contributed by atoms with Crippen LogP contribution in [-0.4, -0.2) is 34.6 Å². The van der Waals surface area contributed by atoms with E-state index in [1.807, 2.05) is 37.4 Å². The molecule has 0 fully saturated rings. The molecule has 3 aromatic rings. The molecule has 136 valence electrons. The lowest BCUT2D eigenvalue weighted by molar-refractivity contribution is -0.145. The number of benzene rings is 1. The lowest BCUT2D eigenvalue weighted by Gasteiger charge is -2.16. The molecule has 0 saturated carbocycles. The standard InChI is InChI=1S/C19H21N3O4/c1-22-10-9-20-17(22)12-15(19(24)25-2)21-18(23)8-7-14-11-13-5-3-4-6-16(13)26-14/h3-6,9-11,15H,7-8,12H2,1-2H3,(H,21,23). The Bertz CT molecular complexity index is 879. The Hall–Kier alpha value is -3.09. The number of fused-ring (bicyclic) bond motifs is 1. The highest BCUT2D eigenvalue weighted by atomic mass is 16.5. The molecule has 26 heavy (non-hydrogen) atoms. The van der Waals surface area contributed by atoms with Crippen LogP contribution in [0.15, 0.2) is 47.1 Å². The van der Waals surface area contributed by atoms with E-state index in [1.54, 1.807) is 17.0 Å². The van der Waals surface area contributed by atoms with Gasteiger partial charge in [0, 0.05) is 44.1 Å². The van der Waals surface area contributed by atoms with Gasteiger partial charge >= 0.3 is 5.97 Å². The van der Waals surface area contributed by atoms with Gasteiger partial charge in [-0.25, -0.2) is 9.78 Å². The van der Waals surface area contributed by atoms with Gasteiger partial charge in [-0.05, 0) is 12.1 Å². The summed E-state index contributed by atoms with van der Waals surface area (Å²) in [6.45, 7) is 0. The minimum absolute atomic E-state index is 0.216. The molecule has 2 heterocycles. The number of aromatic nitrogens is 2. The number of methoxy groups -OCH3 is 1. The predicted octanol–water partition coefficient (Wildman–Crippen LogP) is 2.00. The molecule has 1 aromatic carbocycles. The number of furan rings is 1. The van der Waals surface area contributed by atoms with Gasteiger partial charge in [0.05, 0.1) is 7.11 Å². The van der Waals surface area contributed by atoms with Gasteiger partial charge in [0.1, 0.15) is 23.2 Å². The molecular weight excluding hydrogens is 334 g/mol. The SMILES string of the molecule is COC(=O)C(Cc1nccn1C)NC(=O)CCc1cc2ccccc2o1. The number of aryl methyl sites for hydroxylation is 2. The zero-order valence-corrected chi connectivity index (χ0v) is 14.8. The van der Waals surface area contributed by atoms with Crippen molar-refractivity contribution in [2.24, 2.45) is 7.05 Å². The molecule has 0 spiro atoms. The van der Waals surface area contributed by atoms with Crippen molar-refractivity contribution in [3.63, 3.8) is 0 Å². The molecule has 1 atom stereocenters. The number of carbonyl (C=O) groups excluding carboxylic acids is 2. The van der Waals surface area contributed by atoms with Crippen LogP contribution in [0.4, 0.5) is 0 Å². The predicted molar refractivity (Wildman–Crippen MR) is 95.4 cm³/mol. The van der Waals surface area contributed by atoms with Crippen LogP contribution in [0, 0.1) is 0 Å². The third kappa shape index (κ3) is 4.11. The van der Waals surface area contributed by atoms with E-state index in [0.29, 0.717) is 12.2 Å². The summed E-state index contributed by atoms with van der Waals surface area (Å²) < 4.78 is 12.3. The maximum absolute atomic E-state index is 12.3. The number of para-hydroxylation sites is 1. The first-order valence-electron chi connectivity index (χ1n) is 8.37. The first-order valence-corrected chi connectivity index (χ1v) is 8.37. The molecule has 0 saturated heterocycles. The maximum Gasteiger partial charge on any atom is 0.328 e. The third-order valence-electron chi connectivity index (χ3n) is 4.20. The molecule has 0 radical (unpaired) electrons. The number of carbonyl (C=O) groups is 2. The first-order chi connectivity index (χ1) is 12.6. The van der Waals surface area contributed by atoms with Crippen LogP contribution in [0.1, 0.15) is 18.0 Å². The van der Waals surface area contributed by atoms with Gasteiger partial charge in [-0.1, -0.05) is 18.2 Å². The van der Waals surface area contributed by atoms with Crippen molar-refractivity contribution in [2.45, 2.75) is 25.3 Å². The molecule has 0 bridgehead atoms. The Labute approximate surface area is 151 Å². The van der Waals surface area contributed by atoms with E-state index in [2.05, 4.69) is 10.3 Å². The van der Waals surface area contributed by atoms with Crippen LogP contribution in [0.3, 0.4) is 0 Å². The minimum atomic E-state index is -0.774. The van der Waals surface area contributed by atoms with E-state index in [1.165, 1.54) is 7.11 Å². The Morgan fingerprint density at radius 3 is 2.85 bits per heavy atom. The van der Waals surface area contributed by atoms with E-state index in [-0.39, 0.29) is 18.7 Å². The van der Waals surface area contributed by atoms with Crippen molar-refractivity contribution < 1.29 is 18.7 Å². The normalized spacial score (nSPS) is 12.1. The van der Waals surface area contributed by atoms with E-state index in [9.17, 15) is 9.59 Å². The Morgan fingerprint density at radius 2 is 2.15 bits per heavy atom. The van der Waals surface area contributed by atoms with Crippen molar-refractivity contribution >= 4 is 22.8 Å². The second-order valence-corrected chi connectivity index (χ2v) is 6.05. The van der Waals surface area contributed by atoms with Crippen LogP contribution in [0.25, 0.3) is 11.0 Å². The van der Waals surface area contributed by atoms with Crippen molar-refractivity contribution in [3.05, 3.63) is 54.3 Å². The third-order valence-corrected chi connectivity index (χ3v) is 4.20. The van der Waals surface area contributed by atoms with Gasteiger partial charge in [-0.2, -0.15) is 0 Å². The fraction of sp³-hybridized carbons (Fsp3) is 0.316. The molecule has 1 unspecified atom stereocenters. The number of nitrogens with zero attached hydrogens (tertiary/aromatic N) is 2. The van der Waals surface area contributed by atoms with Crippen molar-refractivity contribution in [3.8, 4) is 0 Å². The number of nitrogens with one attached hydrogen (secondary N) is 1. The first kappa shape index (κ1) is 17.7. The Balaban J connectivity index is 1.60. The topological polar surface area (TPSA) is 86.4 Å². The van der Waals surface area contributed by atoms with Gasteiger partial charge in [0.25, 0.3) is 0 Å². The molecule has 7 heteroatoms. The molecule has 0 aliphatic carbocycles. The quantitative estimate of drug-likeness (QED) is 0.655. The average Bonchev–Trinajstić information content (AvgIpc) is 3.24. The van der Waals surface area contributed by atoms with E-state index >= 15 is 0 Å². The molecule has 7 nitrogen and oxygen atoms in total. The summed E-state index contributed by atoms with van der Waals surface area (Å²) in [4.78, 5) is 28.5. The largest absolute Gasteiger partial charge is 0.467 e. The Kier molecular flexibility index (Phi) is 5.36. The average molecular weight is 355 g/mol. The van der Waals surface area contributed by atoms with Crippen molar-refractivity contribution in [1.82, 2.24) is 14.9 Å². The lowest BCUT2D eigenvalue weighted by Crippen LogP contribution is -2.43. The summed E-state index contributed by atoms with van der Waals surface area (Å²) in [5.41, 5.74) is 0.796. The summed E-state index contributed by atoms with van der Waals surface area (Å²) in [7, 11) is 3.13. The number of hydrogen-bond acceptors (Lipinski definition) is 5. The van der Waals surface area contributed by atoms with Crippen LogP contribution in [0.5, 0.6) is 0 Å². The second kappa shape index (κ2) is 7.86. The van der Waals surface area contributed by atoms with E-state index in [4.69, 9.17) is 9.15 Å². The number of esters is 1. The summed E-state index contributed by atoms with van der Waals surface area (Å²) in [5, 5.41) is 3.73. The van der Waals surface area contributed by atoms with Crippen molar-refractivity contribution in [2.75, 3.05) is 7.11 Å². The molecule has 1 amide bonds. The van der Waals surface area contributed by atoms with Crippen LogP contribution in [0.2, 0.25) is 0 Å². The zero-order valence-electron chi connectivity index (χ0n) is 14.8. The van der Waals surface area contributed by atoms with Gasteiger partial charge in [0.15, 0.2) is 0 Å². The monoisotopic (exact) mass is 355 g/mol. The molecule has 0 aliphatic rings. The number of rotatable bonds is 7. The lowest BCUT2D eigenvalue weighted by atomic mass is 10.1. The second-order valence-electron chi connectivity index (χ2n) is 6.05. The molecule has 2 aromatic heterocycles. The van der Waals surface area contributed by atoms with Gasteiger partial charge < -0.3 is 19.0 Å².